The number of carbonyl (C=O) groups excluding carboxylic acids is 1. The first kappa shape index (κ1) is 16.9. The van der Waals surface area contributed by atoms with Gasteiger partial charge in [0, 0.05) is 5.56 Å². The molecule has 2 aromatic heterocycles. The van der Waals surface area contributed by atoms with E-state index in [1.807, 2.05) is 12.1 Å². The molecule has 0 fully saturated rings. The summed E-state index contributed by atoms with van der Waals surface area (Å²) in [7, 11) is 1.34. The molecule has 0 saturated heterocycles. The number of furan rings is 1. The second-order valence-electron chi connectivity index (χ2n) is 6.09. The molecule has 0 amide bonds. The van der Waals surface area contributed by atoms with Gasteiger partial charge in [-0.2, -0.15) is 4.80 Å². The van der Waals surface area contributed by atoms with Crippen molar-refractivity contribution in [3.8, 4) is 11.4 Å². The summed E-state index contributed by atoms with van der Waals surface area (Å²) in [5.74, 6) is 1.67. The molecule has 3 rings (SSSR count). The summed E-state index contributed by atoms with van der Waals surface area (Å²) in [6, 6.07) is 9.76. The number of rotatable bonds is 5. The normalized spacial score (nSPS) is 11.1. The monoisotopic (exact) mass is 340 g/mol. The lowest BCUT2D eigenvalue weighted by Crippen LogP contribution is -2.03. The number of hydrogen-bond acceptors (Lipinski definition) is 6. The van der Waals surface area contributed by atoms with E-state index >= 15 is 0 Å². The molecule has 0 N–H and O–H groups in total. The van der Waals surface area contributed by atoms with Crippen molar-refractivity contribution in [2.75, 3.05) is 7.11 Å². The Morgan fingerprint density at radius 3 is 2.64 bits per heavy atom. The Morgan fingerprint density at radius 2 is 2.00 bits per heavy atom. The summed E-state index contributed by atoms with van der Waals surface area (Å²) in [5, 5.41) is 12.5. The van der Waals surface area contributed by atoms with Gasteiger partial charge in [0.15, 0.2) is 0 Å². The van der Waals surface area contributed by atoms with E-state index in [0.717, 1.165) is 5.56 Å². The minimum atomic E-state index is -0.426. The van der Waals surface area contributed by atoms with E-state index in [0.29, 0.717) is 28.8 Å². The van der Waals surface area contributed by atoms with Crippen molar-refractivity contribution < 1.29 is 13.9 Å². The predicted molar refractivity (Wildman–Crippen MR) is 91.2 cm³/mol. The first-order chi connectivity index (χ1) is 12.0. The fourth-order valence-electron chi connectivity index (χ4n) is 2.52. The molecule has 0 radical (unpaired) electrons. The SMILES string of the molecule is COC(=O)c1cc(Cn2nnc(-c3ccc(C(C)C)cc3)n2)oc1C. The third kappa shape index (κ3) is 3.60. The van der Waals surface area contributed by atoms with Gasteiger partial charge in [-0.25, -0.2) is 4.79 Å². The molecule has 0 bridgehead atoms. The van der Waals surface area contributed by atoms with Crippen LogP contribution in [0.5, 0.6) is 0 Å². The molecule has 0 atom stereocenters. The summed E-state index contributed by atoms with van der Waals surface area (Å²) >= 11 is 0. The third-order valence-corrected chi connectivity index (χ3v) is 3.96. The highest BCUT2D eigenvalue weighted by Gasteiger charge is 2.16. The smallest absolute Gasteiger partial charge is 0.341 e. The van der Waals surface area contributed by atoms with E-state index in [9.17, 15) is 4.79 Å². The average Bonchev–Trinajstić information content (AvgIpc) is 3.21. The van der Waals surface area contributed by atoms with Crippen molar-refractivity contribution in [2.45, 2.75) is 33.2 Å². The van der Waals surface area contributed by atoms with Crippen LogP contribution in [-0.2, 0) is 11.3 Å². The largest absolute Gasteiger partial charge is 0.465 e. The van der Waals surface area contributed by atoms with Crippen molar-refractivity contribution in [1.82, 2.24) is 20.2 Å². The molecule has 3 aromatic rings. The molecule has 0 saturated carbocycles. The van der Waals surface area contributed by atoms with E-state index in [1.165, 1.54) is 17.5 Å². The fraction of sp³-hybridized carbons (Fsp3) is 0.333. The maximum Gasteiger partial charge on any atom is 0.341 e. The van der Waals surface area contributed by atoms with Crippen LogP contribution in [0.15, 0.2) is 34.7 Å². The summed E-state index contributed by atoms with van der Waals surface area (Å²) in [6.07, 6.45) is 0. The Balaban J connectivity index is 1.77. The fourth-order valence-corrected chi connectivity index (χ4v) is 2.52. The van der Waals surface area contributed by atoms with Crippen LogP contribution < -0.4 is 0 Å². The lowest BCUT2D eigenvalue weighted by molar-refractivity contribution is 0.0599. The highest BCUT2D eigenvalue weighted by molar-refractivity contribution is 5.90. The molecule has 2 heterocycles. The number of nitrogens with zero attached hydrogens (tertiary/aromatic N) is 4. The van der Waals surface area contributed by atoms with Crippen LogP contribution in [0.1, 0.15) is 47.2 Å². The minimum Gasteiger partial charge on any atom is -0.465 e. The van der Waals surface area contributed by atoms with Crippen LogP contribution in [0.3, 0.4) is 0 Å². The summed E-state index contributed by atoms with van der Waals surface area (Å²) in [6.45, 7) is 6.30. The number of hydrogen-bond donors (Lipinski definition) is 0. The van der Waals surface area contributed by atoms with Gasteiger partial charge in [-0.1, -0.05) is 38.1 Å². The summed E-state index contributed by atoms with van der Waals surface area (Å²) in [4.78, 5) is 13.1. The maximum absolute atomic E-state index is 11.6. The average molecular weight is 340 g/mol. The number of ether oxygens (including phenoxy) is 1. The molecule has 0 aliphatic rings. The molecule has 130 valence electrons. The van der Waals surface area contributed by atoms with Crippen molar-refractivity contribution in [3.63, 3.8) is 0 Å². The van der Waals surface area contributed by atoms with Crippen molar-refractivity contribution in [2.24, 2.45) is 0 Å². The molecular formula is C18H20N4O3. The van der Waals surface area contributed by atoms with Gasteiger partial charge in [0.1, 0.15) is 23.6 Å². The zero-order chi connectivity index (χ0) is 18.0. The van der Waals surface area contributed by atoms with E-state index in [1.54, 1.807) is 13.0 Å². The number of esters is 1. The second kappa shape index (κ2) is 6.88. The Hall–Kier alpha value is -2.96. The Kier molecular flexibility index (Phi) is 4.65. The highest BCUT2D eigenvalue weighted by Crippen LogP contribution is 2.20. The van der Waals surface area contributed by atoms with Gasteiger partial charge < -0.3 is 9.15 Å². The number of tetrazole rings is 1. The minimum absolute atomic E-state index is 0.287. The lowest BCUT2D eigenvalue weighted by Gasteiger charge is -2.04. The Morgan fingerprint density at radius 1 is 1.28 bits per heavy atom. The van der Waals surface area contributed by atoms with E-state index in [4.69, 9.17) is 9.15 Å². The number of aromatic nitrogens is 4. The standard InChI is InChI=1S/C18H20N4O3/c1-11(2)13-5-7-14(8-6-13)17-19-21-22(20-17)10-15-9-16(12(3)25-15)18(23)24-4/h5-9,11H,10H2,1-4H3. The van der Waals surface area contributed by atoms with E-state index in [-0.39, 0.29) is 6.54 Å². The molecule has 7 nitrogen and oxygen atoms in total. The van der Waals surface area contributed by atoms with Crippen LogP contribution in [0, 0.1) is 6.92 Å². The van der Waals surface area contributed by atoms with Crippen molar-refractivity contribution in [3.05, 3.63) is 53.0 Å². The Labute approximate surface area is 145 Å². The number of aryl methyl sites for hydroxylation is 1. The Bertz CT molecular complexity index is 878. The molecule has 0 aliphatic carbocycles. The maximum atomic E-state index is 11.6. The first-order valence-corrected chi connectivity index (χ1v) is 8.03. The van der Waals surface area contributed by atoms with Gasteiger partial charge in [-0.15, -0.1) is 10.2 Å². The third-order valence-electron chi connectivity index (χ3n) is 3.96. The molecule has 0 aliphatic heterocycles. The predicted octanol–water partition coefficient (Wildman–Crippen LogP) is 3.20. The van der Waals surface area contributed by atoms with Gasteiger partial charge in [0.2, 0.25) is 5.82 Å². The molecular weight excluding hydrogens is 320 g/mol. The zero-order valence-electron chi connectivity index (χ0n) is 14.7. The van der Waals surface area contributed by atoms with Crippen LogP contribution in [0.4, 0.5) is 0 Å². The lowest BCUT2D eigenvalue weighted by atomic mass is 10.0. The van der Waals surface area contributed by atoms with E-state index < -0.39 is 5.97 Å². The highest BCUT2D eigenvalue weighted by atomic mass is 16.5. The quantitative estimate of drug-likeness (QED) is 0.663. The number of carbonyl (C=O) groups is 1. The molecule has 0 spiro atoms. The molecule has 7 heteroatoms. The zero-order valence-corrected chi connectivity index (χ0v) is 14.7. The molecule has 25 heavy (non-hydrogen) atoms. The van der Waals surface area contributed by atoms with Crippen LogP contribution in [0.2, 0.25) is 0 Å². The van der Waals surface area contributed by atoms with Crippen LogP contribution >= 0.6 is 0 Å². The van der Waals surface area contributed by atoms with Gasteiger partial charge in [-0.3, -0.25) is 0 Å². The van der Waals surface area contributed by atoms with Gasteiger partial charge >= 0.3 is 5.97 Å². The van der Waals surface area contributed by atoms with E-state index in [2.05, 4.69) is 41.4 Å². The van der Waals surface area contributed by atoms with Crippen LogP contribution in [-0.4, -0.2) is 33.3 Å². The second-order valence-corrected chi connectivity index (χ2v) is 6.09. The van der Waals surface area contributed by atoms with Crippen LogP contribution in [0.25, 0.3) is 11.4 Å². The van der Waals surface area contributed by atoms with Gasteiger partial charge in [0.05, 0.1) is 7.11 Å². The van der Waals surface area contributed by atoms with Gasteiger partial charge in [0.25, 0.3) is 0 Å². The van der Waals surface area contributed by atoms with Gasteiger partial charge in [-0.05, 0) is 29.7 Å². The molecule has 1 aromatic carbocycles. The van der Waals surface area contributed by atoms with Crippen molar-refractivity contribution in [1.29, 1.82) is 0 Å². The summed E-state index contributed by atoms with van der Waals surface area (Å²) < 4.78 is 10.3. The topological polar surface area (TPSA) is 83.0 Å². The number of benzene rings is 1. The number of methoxy groups -OCH3 is 1. The molecule has 0 unspecified atom stereocenters. The van der Waals surface area contributed by atoms with Crippen molar-refractivity contribution >= 4 is 5.97 Å². The first-order valence-electron chi connectivity index (χ1n) is 8.03. The summed E-state index contributed by atoms with van der Waals surface area (Å²) in [5.41, 5.74) is 2.57.